The number of hydrogen-bond acceptors (Lipinski definition) is 2. The molecule has 0 aliphatic heterocycles. The summed E-state index contributed by atoms with van der Waals surface area (Å²) in [4.78, 5) is 13.1. The minimum absolute atomic E-state index is 0.179. The van der Waals surface area contributed by atoms with Crippen molar-refractivity contribution < 1.29 is 9.22 Å². The minimum Gasteiger partial charge on any atom is -0.415 e. The van der Waals surface area contributed by atoms with E-state index in [1.54, 1.807) is 4.90 Å². The van der Waals surface area contributed by atoms with Crippen molar-refractivity contribution in [3.8, 4) is 0 Å². The topological polar surface area (TPSA) is 29.5 Å². The van der Waals surface area contributed by atoms with Crippen LogP contribution in [0.15, 0.2) is 0 Å². The third kappa shape index (κ3) is 4.66. The van der Waals surface area contributed by atoms with Crippen molar-refractivity contribution in [2.45, 2.75) is 52.2 Å². The zero-order valence-corrected chi connectivity index (χ0v) is 12.9. The molecule has 0 spiro atoms. The molecule has 0 atom stereocenters. The van der Waals surface area contributed by atoms with Crippen LogP contribution in [0.25, 0.3) is 0 Å². The van der Waals surface area contributed by atoms with E-state index in [0.717, 1.165) is 0 Å². The monoisotopic (exact) mass is 245 g/mol. The van der Waals surface area contributed by atoms with E-state index in [4.69, 9.17) is 4.43 Å². The summed E-state index contributed by atoms with van der Waals surface area (Å²) in [6.07, 6.45) is 0.566. The van der Waals surface area contributed by atoms with E-state index in [1.807, 2.05) is 14.0 Å². The summed E-state index contributed by atoms with van der Waals surface area (Å²) < 4.78 is 6.00. The standard InChI is InChI=1S/C12H27NO2Si/c1-8-11(14)13(5)9-10-15-16(6,7)12(2,3)4/h8-10H2,1-7H3. The van der Waals surface area contributed by atoms with E-state index in [0.29, 0.717) is 19.6 Å². The van der Waals surface area contributed by atoms with Gasteiger partial charge < -0.3 is 9.33 Å². The van der Waals surface area contributed by atoms with Crippen molar-refractivity contribution in [3.63, 3.8) is 0 Å². The van der Waals surface area contributed by atoms with Gasteiger partial charge in [0, 0.05) is 20.0 Å². The Hall–Kier alpha value is -0.353. The maximum atomic E-state index is 11.3. The molecule has 0 radical (unpaired) electrons. The molecule has 0 aliphatic carbocycles. The summed E-state index contributed by atoms with van der Waals surface area (Å²) in [6, 6.07) is 0. The molecular formula is C12H27NO2Si. The van der Waals surface area contributed by atoms with Gasteiger partial charge in [-0.05, 0) is 18.1 Å². The van der Waals surface area contributed by atoms with Crippen LogP contribution in [0.3, 0.4) is 0 Å². The van der Waals surface area contributed by atoms with Crippen LogP contribution in [0.4, 0.5) is 0 Å². The SMILES string of the molecule is CCC(=O)N(C)CCO[Si](C)(C)C(C)(C)C. The first-order chi connectivity index (χ1) is 7.12. The highest BCUT2D eigenvalue weighted by molar-refractivity contribution is 6.74. The molecule has 0 saturated carbocycles. The fraction of sp³-hybridized carbons (Fsp3) is 0.917. The van der Waals surface area contributed by atoms with Gasteiger partial charge in [0.2, 0.25) is 5.91 Å². The second kappa shape index (κ2) is 5.82. The molecular weight excluding hydrogens is 218 g/mol. The molecule has 1 amide bonds. The average molecular weight is 245 g/mol. The second-order valence-electron chi connectivity index (χ2n) is 5.78. The Morgan fingerprint density at radius 3 is 2.19 bits per heavy atom. The first kappa shape index (κ1) is 15.6. The maximum absolute atomic E-state index is 11.3. The van der Waals surface area contributed by atoms with E-state index in [-0.39, 0.29) is 10.9 Å². The summed E-state index contributed by atoms with van der Waals surface area (Å²) in [6.45, 7) is 14.4. The van der Waals surface area contributed by atoms with Crippen molar-refractivity contribution in [2.24, 2.45) is 0 Å². The van der Waals surface area contributed by atoms with E-state index >= 15 is 0 Å². The fourth-order valence-electron chi connectivity index (χ4n) is 1.05. The van der Waals surface area contributed by atoms with Crippen LogP contribution in [0.2, 0.25) is 18.1 Å². The van der Waals surface area contributed by atoms with Crippen LogP contribution >= 0.6 is 0 Å². The molecule has 16 heavy (non-hydrogen) atoms. The summed E-state index contributed by atoms with van der Waals surface area (Å²) in [5, 5.41) is 0.236. The van der Waals surface area contributed by atoms with Gasteiger partial charge in [-0.2, -0.15) is 0 Å². The van der Waals surface area contributed by atoms with Gasteiger partial charge in [0.05, 0.1) is 6.61 Å². The molecule has 0 aromatic rings. The van der Waals surface area contributed by atoms with Crippen LogP contribution in [-0.2, 0) is 9.22 Å². The number of carbonyl (C=O) groups excluding carboxylic acids is 1. The van der Waals surface area contributed by atoms with Gasteiger partial charge in [0.15, 0.2) is 8.32 Å². The zero-order chi connectivity index (χ0) is 13.0. The van der Waals surface area contributed by atoms with Gasteiger partial charge in [-0.25, -0.2) is 0 Å². The van der Waals surface area contributed by atoms with E-state index < -0.39 is 8.32 Å². The molecule has 96 valence electrons. The van der Waals surface area contributed by atoms with Gasteiger partial charge in [0.1, 0.15) is 0 Å². The lowest BCUT2D eigenvalue weighted by atomic mass is 10.2. The van der Waals surface area contributed by atoms with Crippen LogP contribution in [0.1, 0.15) is 34.1 Å². The van der Waals surface area contributed by atoms with Crippen molar-refractivity contribution >= 4 is 14.2 Å². The molecule has 3 nitrogen and oxygen atoms in total. The zero-order valence-electron chi connectivity index (χ0n) is 11.9. The highest BCUT2D eigenvalue weighted by Crippen LogP contribution is 2.36. The van der Waals surface area contributed by atoms with Crippen molar-refractivity contribution in [3.05, 3.63) is 0 Å². The molecule has 0 aliphatic rings. The third-order valence-electron chi connectivity index (χ3n) is 3.42. The fourth-order valence-corrected chi connectivity index (χ4v) is 2.08. The lowest BCUT2D eigenvalue weighted by Gasteiger charge is -2.36. The molecule has 0 N–H and O–H groups in total. The normalized spacial score (nSPS) is 12.7. The summed E-state index contributed by atoms with van der Waals surface area (Å²) in [5.41, 5.74) is 0. The number of amides is 1. The van der Waals surface area contributed by atoms with Gasteiger partial charge >= 0.3 is 0 Å². The number of rotatable bonds is 5. The Morgan fingerprint density at radius 2 is 1.81 bits per heavy atom. The Bertz CT molecular complexity index is 234. The van der Waals surface area contributed by atoms with Crippen LogP contribution in [-0.4, -0.2) is 39.3 Å². The smallest absolute Gasteiger partial charge is 0.222 e. The largest absolute Gasteiger partial charge is 0.415 e. The van der Waals surface area contributed by atoms with E-state index in [1.165, 1.54) is 0 Å². The number of carbonyl (C=O) groups is 1. The van der Waals surface area contributed by atoms with Crippen LogP contribution < -0.4 is 0 Å². The highest BCUT2D eigenvalue weighted by Gasteiger charge is 2.36. The van der Waals surface area contributed by atoms with Crippen molar-refractivity contribution in [1.82, 2.24) is 4.90 Å². The van der Waals surface area contributed by atoms with Gasteiger partial charge in [-0.1, -0.05) is 27.7 Å². The predicted molar refractivity (Wildman–Crippen MR) is 71.1 cm³/mol. The summed E-state index contributed by atoms with van der Waals surface area (Å²) in [5.74, 6) is 0.179. The third-order valence-corrected chi connectivity index (χ3v) is 7.96. The maximum Gasteiger partial charge on any atom is 0.222 e. The molecule has 4 heteroatoms. The Labute approximate surface area is 101 Å². The van der Waals surface area contributed by atoms with E-state index in [2.05, 4.69) is 33.9 Å². The van der Waals surface area contributed by atoms with Crippen LogP contribution in [0.5, 0.6) is 0 Å². The lowest BCUT2D eigenvalue weighted by molar-refractivity contribution is -0.129. The van der Waals surface area contributed by atoms with Crippen molar-refractivity contribution in [1.29, 1.82) is 0 Å². The number of hydrogen-bond donors (Lipinski definition) is 0. The van der Waals surface area contributed by atoms with Gasteiger partial charge in [-0.3, -0.25) is 4.79 Å². The van der Waals surface area contributed by atoms with Crippen LogP contribution in [0, 0.1) is 0 Å². The minimum atomic E-state index is -1.65. The first-order valence-electron chi connectivity index (χ1n) is 5.99. The molecule has 0 aromatic heterocycles. The Morgan fingerprint density at radius 1 is 1.31 bits per heavy atom. The Kier molecular flexibility index (Phi) is 5.69. The van der Waals surface area contributed by atoms with Gasteiger partial charge in [0.25, 0.3) is 0 Å². The number of likely N-dealkylation sites (N-methyl/N-ethyl adjacent to an activating group) is 1. The number of nitrogens with zero attached hydrogens (tertiary/aromatic N) is 1. The molecule has 0 aromatic carbocycles. The van der Waals surface area contributed by atoms with Crippen molar-refractivity contribution in [2.75, 3.05) is 20.2 Å². The predicted octanol–water partition coefficient (Wildman–Crippen LogP) is 2.88. The summed E-state index contributed by atoms with van der Waals surface area (Å²) >= 11 is 0. The molecule has 0 bridgehead atoms. The molecule has 0 rings (SSSR count). The van der Waals surface area contributed by atoms with Gasteiger partial charge in [-0.15, -0.1) is 0 Å². The quantitative estimate of drug-likeness (QED) is 0.697. The lowest BCUT2D eigenvalue weighted by Crippen LogP contribution is -2.43. The molecule has 0 saturated heterocycles. The highest BCUT2D eigenvalue weighted by atomic mass is 28.4. The molecule has 0 fully saturated rings. The average Bonchev–Trinajstić information content (AvgIpc) is 2.14. The first-order valence-corrected chi connectivity index (χ1v) is 8.90. The second-order valence-corrected chi connectivity index (χ2v) is 10.6. The summed E-state index contributed by atoms with van der Waals surface area (Å²) in [7, 11) is 0.179. The van der Waals surface area contributed by atoms with E-state index in [9.17, 15) is 4.79 Å². The molecule has 0 unspecified atom stereocenters. The molecule has 0 heterocycles. The Balaban J connectivity index is 4.04.